The molecule has 0 saturated heterocycles. The number of thioether (sulfide) groups is 1. The smallest absolute Gasteiger partial charge is 0.250 e. The number of ether oxygens (including phenoxy) is 1. The summed E-state index contributed by atoms with van der Waals surface area (Å²) in [6, 6.07) is 22.6. The normalized spacial score (nSPS) is 10.9. The summed E-state index contributed by atoms with van der Waals surface area (Å²) in [6.45, 7) is 0.462. The molecule has 36 heavy (non-hydrogen) atoms. The van der Waals surface area contributed by atoms with Crippen LogP contribution in [0.3, 0.4) is 0 Å². The van der Waals surface area contributed by atoms with Crippen LogP contribution in [0.5, 0.6) is 11.5 Å². The second kappa shape index (κ2) is 12.4. The lowest BCUT2D eigenvalue weighted by molar-refractivity contribution is -0.118. The average molecular weight is 614 g/mol. The first-order valence-electron chi connectivity index (χ1n) is 10.8. The van der Waals surface area contributed by atoms with Gasteiger partial charge in [0.15, 0.2) is 11.0 Å². The standard InChI is InChI=1S/C25H23IN6O3S/c1-35-21-11-12-22(33)17(13-21)14-28-30-24(34)16-36-25-31-29-23(32(25)20-5-3-2-4-6-20)15-27-19-9-7-18(26)8-10-19/h2-14,27,33H,15-16H2,1H3,(H,30,34)/b28-14-. The van der Waals surface area contributed by atoms with Crippen LogP contribution in [0.15, 0.2) is 83.1 Å². The Labute approximate surface area is 226 Å². The van der Waals surface area contributed by atoms with Gasteiger partial charge in [0, 0.05) is 20.5 Å². The van der Waals surface area contributed by atoms with Crippen LogP contribution in [-0.2, 0) is 11.3 Å². The summed E-state index contributed by atoms with van der Waals surface area (Å²) in [5.41, 5.74) is 4.78. The number of methoxy groups -OCH3 is 1. The van der Waals surface area contributed by atoms with Gasteiger partial charge in [0.2, 0.25) is 0 Å². The van der Waals surface area contributed by atoms with Crippen molar-refractivity contribution in [1.82, 2.24) is 20.2 Å². The summed E-state index contributed by atoms with van der Waals surface area (Å²) in [6.07, 6.45) is 1.36. The molecule has 0 aliphatic rings. The second-order valence-corrected chi connectivity index (χ2v) is 9.62. The second-order valence-electron chi connectivity index (χ2n) is 7.44. The van der Waals surface area contributed by atoms with Gasteiger partial charge in [-0.1, -0.05) is 30.0 Å². The Morgan fingerprint density at radius 2 is 1.92 bits per heavy atom. The molecule has 3 N–H and O–H groups in total. The molecule has 0 radical (unpaired) electrons. The predicted octanol–water partition coefficient (Wildman–Crippen LogP) is 4.44. The highest BCUT2D eigenvalue weighted by atomic mass is 127. The summed E-state index contributed by atoms with van der Waals surface area (Å²) in [4.78, 5) is 12.4. The third-order valence-corrected chi connectivity index (χ3v) is 6.62. The monoisotopic (exact) mass is 614 g/mol. The third-order valence-electron chi connectivity index (χ3n) is 4.97. The minimum Gasteiger partial charge on any atom is -0.507 e. The van der Waals surface area contributed by atoms with E-state index in [0.717, 1.165) is 14.9 Å². The van der Waals surface area contributed by atoms with Gasteiger partial charge in [0.1, 0.15) is 11.5 Å². The number of phenolic OH excluding ortho intramolecular Hbond substituents is 1. The van der Waals surface area contributed by atoms with Gasteiger partial charge in [-0.15, -0.1) is 10.2 Å². The van der Waals surface area contributed by atoms with Gasteiger partial charge in [-0.05, 0) is 77.2 Å². The average Bonchev–Trinajstić information content (AvgIpc) is 3.31. The van der Waals surface area contributed by atoms with E-state index < -0.39 is 0 Å². The van der Waals surface area contributed by atoms with E-state index in [9.17, 15) is 9.90 Å². The lowest BCUT2D eigenvalue weighted by Crippen LogP contribution is -2.20. The number of anilines is 1. The van der Waals surface area contributed by atoms with Crippen molar-refractivity contribution in [2.45, 2.75) is 11.7 Å². The molecule has 3 aromatic carbocycles. The Kier molecular flexibility index (Phi) is 8.79. The summed E-state index contributed by atoms with van der Waals surface area (Å²) in [7, 11) is 1.53. The quantitative estimate of drug-likeness (QED) is 0.105. The largest absolute Gasteiger partial charge is 0.507 e. The summed E-state index contributed by atoms with van der Waals surface area (Å²) in [5.74, 6) is 1.08. The minimum absolute atomic E-state index is 0.0329. The van der Waals surface area contributed by atoms with Gasteiger partial charge in [-0.25, -0.2) is 5.43 Å². The fourth-order valence-corrected chi connectivity index (χ4v) is 4.32. The number of hydrazone groups is 1. The maximum Gasteiger partial charge on any atom is 0.250 e. The van der Waals surface area contributed by atoms with E-state index in [1.54, 1.807) is 12.1 Å². The molecule has 9 nitrogen and oxygen atoms in total. The van der Waals surface area contributed by atoms with Crippen LogP contribution >= 0.6 is 34.4 Å². The zero-order valence-corrected chi connectivity index (χ0v) is 22.2. The van der Waals surface area contributed by atoms with Crippen LogP contribution in [0.4, 0.5) is 5.69 Å². The van der Waals surface area contributed by atoms with Crippen LogP contribution in [0.1, 0.15) is 11.4 Å². The van der Waals surface area contributed by atoms with Crippen molar-refractivity contribution in [3.05, 3.63) is 87.8 Å². The molecule has 0 unspecified atom stereocenters. The number of aromatic nitrogens is 3. The molecule has 1 amide bonds. The molecule has 0 aliphatic heterocycles. The number of benzene rings is 3. The Bertz CT molecular complexity index is 1350. The van der Waals surface area contributed by atoms with Crippen molar-refractivity contribution >= 4 is 52.2 Å². The highest BCUT2D eigenvalue weighted by Gasteiger charge is 2.16. The number of aromatic hydroxyl groups is 1. The highest BCUT2D eigenvalue weighted by Crippen LogP contribution is 2.23. The maximum atomic E-state index is 12.4. The van der Waals surface area contributed by atoms with Crippen LogP contribution in [0.25, 0.3) is 5.69 Å². The van der Waals surface area contributed by atoms with Crippen molar-refractivity contribution < 1.29 is 14.6 Å². The summed E-state index contributed by atoms with van der Waals surface area (Å²) in [5, 5.41) is 26.5. The van der Waals surface area contributed by atoms with E-state index in [1.165, 1.54) is 31.2 Å². The lowest BCUT2D eigenvalue weighted by Gasteiger charge is -2.11. The van der Waals surface area contributed by atoms with E-state index >= 15 is 0 Å². The Balaban J connectivity index is 1.42. The Hall–Kier alpha value is -3.58. The van der Waals surface area contributed by atoms with Crippen molar-refractivity contribution in [3.63, 3.8) is 0 Å². The van der Waals surface area contributed by atoms with Gasteiger partial charge in [0.05, 0.1) is 25.6 Å². The van der Waals surface area contributed by atoms with E-state index in [1.807, 2.05) is 59.2 Å². The number of carbonyl (C=O) groups is 1. The minimum atomic E-state index is -0.320. The van der Waals surface area contributed by atoms with Crippen molar-refractivity contribution in [2.75, 3.05) is 18.2 Å². The first kappa shape index (κ1) is 25.5. The zero-order chi connectivity index (χ0) is 25.3. The van der Waals surface area contributed by atoms with Gasteiger partial charge in [-0.3, -0.25) is 9.36 Å². The molecule has 11 heteroatoms. The molecule has 4 aromatic rings. The van der Waals surface area contributed by atoms with Crippen molar-refractivity contribution in [1.29, 1.82) is 0 Å². The molecule has 4 rings (SSSR count). The maximum absolute atomic E-state index is 12.4. The van der Waals surface area contributed by atoms with Gasteiger partial charge < -0.3 is 15.2 Å². The molecule has 184 valence electrons. The fraction of sp³-hybridized carbons (Fsp3) is 0.120. The van der Waals surface area contributed by atoms with Crippen molar-refractivity contribution in [2.24, 2.45) is 5.10 Å². The molecule has 0 fully saturated rings. The number of nitrogens with zero attached hydrogens (tertiary/aromatic N) is 4. The van der Waals surface area contributed by atoms with Crippen LogP contribution in [-0.4, -0.2) is 44.9 Å². The molecular formula is C25H23IN6O3S. The number of para-hydroxylation sites is 1. The van der Waals surface area contributed by atoms with Gasteiger partial charge >= 0.3 is 0 Å². The lowest BCUT2D eigenvalue weighted by atomic mass is 10.2. The Morgan fingerprint density at radius 3 is 2.67 bits per heavy atom. The number of halogens is 1. The molecular weight excluding hydrogens is 591 g/mol. The molecule has 0 aliphatic carbocycles. The van der Waals surface area contributed by atoms with Crippen LogP contribution < -0.4 is 15.5 Å². The molecule has 0 spiro atoms. The Morgan fingerprint density at radius 1 is 1.14 bits per heavy atom. The number of hydrogen-bond donors (Lipinski definition) is 3. The molecule has 0 bridgehead atoms. The number of nitrogens with one attached hydrogen (secondary N) is 2. The van der Waals surface area contributed by atoms with E-state index in [4.69, 9.17) is 4.74 Å². The predicted molar refractivity (Wildman–Crippen MR) is 149 cm³/mol. The molecule has 1 heterocycles. The number of phenols is 1. The fourth-order valence-electron chi connectivity index (χ4n) is 3.19. The van der Waals surface area contributed by atoms with E-state index in [2.05, 4.69) is 48.6 Å². The third kappa shape index (κ3) is 6.76. The SMILES string of the molecule is COc1ccc(O)c(/C=N\NC(=O)CSc2nnc(CNc3ccc(I)cc3)n2-c2ccccc2)c1. The van der Waals surface area contributed by atoms with Gasteiger partial charge in [0.25, 0.3) is 5.91 Å². The highest BCUT2D eigenvalue weighted by molar-refractivity contribution is 14.1. The number of carbonyl (C=O) groups excluding carboxylic acids is 1. The van der Waals surface area contributed by atoms with E-state index in [-0.39, 0.29) is 17.4 Å². The molecule has 0 saturated carbocycles. The van der Waals surface area contributed by atoms with E-state index in [0.29, 0.717) is 28.8 Å². The topological polar surface area (TPSA) is 114 Å². The first-order valence-corrected chi connectivity index (χ1v) is 12.9. The summed E-state index contributed by atoms with van der Waals surface area (Å²) < 4.78 is 8.22. The number of rotatable bonds is 10. The molecule has 1 aromatic heterocycles. The van der Waals surface area contributed by atoms with Crippen LogP contribution in [0.2, 0.25) is 0 Å². The van der Waals surface area contributed by atoms with Crippen molar-refractivity contribution in [3.8, 4) is 17.2 Å². The number of amides is 1. The summed E-state index contributed by atoms with van der Waals surface area (Å²) >= 11 is 3.52. The van der Waals surface area contributed by atoms with Crippen LogP contribution in [0, 0.1) is 3.57 Å². The number of hydrogen-bond acceptors (Lipinski definition) is 8. The van der Waals surface area contributed by atoms with Gasteiger partial charge in [-0.2, -0.15) is 5.10 Å². The molecule has 0 atom stereocenters. The first-order chi connectivity index (χ1) is 17.5. The zero-order valence-electron chi connectivity index (χ0n) is 19.3.